The highest BCUT2D eigenvalue weighted by atomic mass is 35.5. The predicted molar refractivity (Wildman–Crippen MR) is 117 cm³/mol. The van der Waals surface area contributed by atoms with E-state index in [1.54, 1.807) is 12.3 Å². The summed E-state index contributed by atoms with van der Waals surface area (Å²) in [5, 5.41) is 12.8. The molecule has 6 nitrogen and oxygen atoms in total. The van der Waals surface area contributed by atoms with Crippen LogP contribution in [0.3, 0.4) is 0 Å². The predicted octanol–water partition coefficient (Wildman–Crippen LogP) is 5.51. The number of thioether (sulfide) groups is 1. The zero-order chi connectivity index (χ0) is 20.5. The second-order valence-electron chi connectivity index (χ2n) is 6.78. The molecule has 3 heterocycles. The number of rotatable bonds is 6. The molecule has 4 aromatic rings. The van der Waals surface area contributed by atoms with Crippen molar-refractivity contribution in [3.8, 4) is 0 Å². The van der Waals surface area contributed by atoms with Gasteiger partial charge in [-0.15, -0.1) is 10.2 Å². The van der Waals surface area contributed by atoms with Crippen molar-refractivity contribution in [2.75, 3.05) is 5.32 Å². The summed E-state index contributed by atoms with van der Waals surface area (Å²) < 4.78 is 7.61. The van der Waals surface area contributed by atoms with Crippen LogP contribution in [0.4, 0.5) is 5.69 Å². The highest BCUT2D eigenvalue weighted by Crippen LogP contribution is 2.32. The van der Waals surface area contributed by atoms with Crippen LogP contribution in [0, 0.1) is 6.92 Å². The van der Waals surface area contributed by atoms with Crippen LogP contribution in [0.15, 0.2) is 46.0 Å². The lowest BCUT2D eigenvalue weighted by molar-refractivity contribution is -0.115. The highest BCUT2D eigenvalue weighted by molar-refractivity contribution is 8.00. The monoisotopic (exact) mass is 428 g/mol. The Labute approximate surface area is 177 Å². The SMILES string of the molecule is CCc1nnc(S[C@@H](CC)C(=O)Nc2ccc(C)c(Cl)c2)c2cc3occc3n12. The molecule has 0 saturated carbocycles. The molecule has 0 fully saturated rings. The van der Waals surface area contributed by atoms with Gasteiger partial charge >= 0.3 is 0 Å². The minimum atomic E-state index is -0.318. The number of aromatic nitrogens is 3. The van der Waals surface area contributed by atoms with Crippen LogP contribution in [0.25, 0.3) is 16.6 Å². The summed E-state index contributed by atoms with van der Waals surface area (Å²) in [5.74, 6) is 0.764. The van der Waals surface area contributed by atoms with Gasteiger partial charge in [-0.2, -0.15) is 0 Å². The van der Waals surface area contributed by atoms with E-state index in [0.29, 0.717) is 22.2 Å². The molecule has 0 aliphatic carbocycles. The molecule has 4 rings (SSSR count). The van der Waals surface area contributed by atoms with E-state index in [2.05, 4.69) is 19.9 Å². The molecule has 0 saturated heterocycles. The van der Waals surface area contributed by atoms with E-state index in [4.69, 9.17) is 16.0 Å². The first kappa shape index (κ1) is 19.8. The molecular formula is C21H21ClN4O2S. The number of halogens is 1. The maximum atomic E-state index is 12.9. The molecule has 1 amide bonds. The standard InChI is InChI=1S/C21H21ClN4O2S/c1-4-18(20(27)23-13-7-6-12(3)14(22)10-13)29-21-16-11-17-15(8-9-28-17)26(16)19(5-2)24-25-21/h6-11,18H,4-5H2,1-3H3,(H,23,27)/t18-/m0/s1. The van der Waals surface area contributed by atoms with E-state index in [1.807, 2.05) is 45.0 Å². The van der Waals surface area contributed by atoms with Gasteiger partial charge in [-0.1, -0.05) is 43.3 Å². The fourth-order valence-electron chi connectivity index (χ4n) is 3.22. The van der Waals surface area contributed by atoms with Gasteiger partial charge in [-0.05, 0) is 31.0 Å². The average molecular weight is 429 g/mol. The van der Waals surface area contributed by atoms with Crippen molar-refractivity contribution in [2.24, 2.45) is 0 Å². The number of aryl methyl sites for hydroxylation is 2. The lowest BCUT2D eigenvalue weighted by Crippen LogP contribution is -2.25. The van der Waals surface area contributed by atoms with Crippen LogP contribution in [0.5, 0.6) is 0 Å². The third-order valence-electron chi connectivity index (χ3n) is 4.83. The number of benzene rings is 1. The van der Waals surface area contributed by atoms with Crippen LogP contribution in [0.2, 0.25) is 5.02 Å². The van der Waals surface area contributed by atoms with Crippen LogP contribution < -0.4 is 5.32 Å². The maximum absolute atomic E-state index is 12.9. The Bertz CT molecular complexity index is 1200. The molecule has 0 unspecified atom stereocenters. The Morgan fingerprint density at radius 1 is 1.24 bits per heavy atom. The van der Waals surface area contributed by atoms with E-state index in [9.17, 15) is 4.79 Å². The van der Waals surface area contributed by atoms with Crippen molar-refractivity contribution in [1.29, 1.82) is 0 Å². The van der Waals surface area contributed by atoms with E-state index < -0.39 is 0 Å². The van der Waals surface area contributed by atoms with Gasteiger partial charge < -0.3 is 9.73 Å². The summed E-state index contributed by atoms with van der Waals surface area (Å²) in [5.41, 5.74) is 4.30. The van der Waals surface area contributed by atoms with Crippen LogP contribution in [-0.2, 0) is 11.2 Å². The first-order valence-corrected chi connectivity index (χ1v) is 10.8. The van der Waals surface area contributed by atoms with E-state index in [0.717, 1.165) is 34.4 Å². The third-order valence-corrected chi connectivity index (χ3v) is 6.58. The molecule has 1 atom stereocenters. The van der Waals surface area contributed by atoms with Crippen LogP contribution in [0.1, 0.15) is 31.7 Å². The maximum Gasteiger partial charge on any atom is 0.237 e. The Morgan fingerprint density at radius 3 is 2.79 bits per heavy atom. The number of furan rings is 1. The van der Waals surface area contributed by atoms with Crippen LogP contribution in [-0.4, -0.2) is 25.8 Å². The number of amides is 1. The Morgan fingerprint density at radius 2 is 2.07 bits per heavy atom. The largest absolute Gasteiger partial charge is 0.463 e. The van der Waals surface area contributed by atoms with Gasteiger partial charge in [0.25, 0.3) is 0 Å². The van der Waals surface area contributed by atoms with Crippen molar-refractivity contribution in [3.05, 3.63) is 53.0 Å². The molecule has 29 heavy (non-hydrogen) atoms. The van der Waals surface area contributed by atoms with E-state index >= 15 is 0 Å². The van der Waals surface area contributed by atoms with Crippen molar-refractivity contribution in [2.45, 2.75) is 43.9 Å². The lowest BCUT2D eigenvalue weighted by atomic mass is 10.2. The van der Waals surface area contributed by atoms with Crippen molar-refractivity contribution >= 4 is 51.6 Å². The number of nitrogens with zero attached hydrogens (tertiary/aromatic N) is 3. The minimum absolute atomic E-state index is 0.0906. The fraction of sp³-hybridized carbons (Fsp3) is 0.286. The number of nitrogens with one attached hydrogen (secondary N) is 1. The lowest BCUT2D eigenvalue weighted by Gasteiger charge is -2.15. The number of anilines is 1. The normalized spacial score (nSPS) is 12.6. The third kappa shape index (κ3) is 3.72. The average Bonchev–Trinajstić information content (AvgIpc) is 3.30. The molecular weight excluding hydrogens is 408 g/mol. The molecule has 8 heteroatoms. The summed E-state index contributed by atoms with van der Waals surface area (Å²) in [6, 6.07) is 9.38. The van der Waals surface area contributed by atoms with Gasteiger partial charge in [0.05, 0.1) is 22.5 Å². The number of hydrogen-bond acceptors (Lipinski definition) is 5. The molecule has 1 aromatic carbocycles. The van der Waals surface area contributed by atoms with E-state index in [1.165, 1.54) is 11.8 Å². The Balaban J connectivity index is 1.63. The molecule has 0 spiro atoms. The van der Waals surface area contributed by atoms with Gasteiger partial charge in [0.1, 0.15) is 10.9 Å². The van der Waals surface area contributed by atoms with Gasteiger partial charge in [0, 0.05) is 29.3 Å². The first-order chi connectivity index (χ1) is 14.0. The first-order valence-electron chi connectivity index (χ1n) is 9.49. The van der Waals surface area contributed by atoms with Gasteiger partial charge in [-0.3, -0.25) is 9.20 Å². The second-order valence-corrected chi connectivity index (χ2v) is 8.38. The topological polar surface area (TPSA) is 72.4 Å². The highest BCUT2D eigenvalue weighted by Gasteiger charge is 2.23. The van der Waals surface area contributed by atoms with Crippen molar-refractivity contribution in [1.82, 2.24) is 14.6 Å². The van der Waals surface area contributed by atoms with E-state index in [-0.39, 0.29) is 11.2 Å². The number of fused-ring (bicyclic) bond motifs is 3. The smallest absolute Gasteiger partial charge is 0.237 e. The fourth-order valence-corrected chi connectivity index (χ4v) is 4.36. The molecule has 1 N–H and O–H groups in total. The summed E-state index contributed by atoms with van der Waals surface area (Å²) in [4.78, 5) is 12.9. The van der Waals surface area contributed by atoms with Gasteiger partial charge in [-0.25, -0.2) is 0 Å². The Kier molecular flexibility index (Phi) is 5.52. The molecule has 0 aliphatic heterocycles. The molecule has 0 radical (unpaired) electrons. The number of carbonyl (C=O) groups excluding carboxylic acids is 1. The van der Waals surface area contributed by atoms with Crippen molar-refractivity contribution < 1.29 is 9.21 Å². The van der Waals surface area contributed by atoms with Crippen molar-refractivity contribution in [3.63, 3.8) is 0 Å². The number of hydrogen-bond donors (Lipinski definition) is 1. The van der Waals surface area contributed by atoms with Gasteiger partial charge in [0.2, 0.25) is 5.91 Å². The summed E-state index contributed by atoms with van der Waals surface area (Å²) >= 11 is 7.59. The Hall–Kier alpha value is -2.51. The molecule has 150 valence electrons. The van der Waals surface area contributed by atoms with Gasteiger partial charge in [0.15, 0.2) is 5.58 Å². The molecule has 0 aliphatic rings. The minimum Gasteiger partial charge on any atom is -0.463 e. The molecule has 3 aromatic heterocycles. The second kappa shape index (κ2) is 8.08. The summed E-state index contributed by atoms with van der Waals surface area (Å²) in [7, 11) is 0. The molecule has 0 bridgehead atoms. The quantitative estimate of drug-likeness (QED) is 0.410. The zero-order valence-corrected chi connectivity index (χ0v) is 18.0. The summed E-state index contributed by atoms with van der Waals surface area (Å²) in [6.07, 6.45) is 3.06. The number of carbonyl (C=O) groups is 1. The van der Waals surface area contributed by atoms with Crippen LogP contribution >= 0.6 is 23.4 Å². The summed E-state index contributed by atoms with van der Waals surface area (Å²) in [6.45, 7) is 5.95. The zero-order valence-electron chi connectivity index (χ0n) is 16.4.